The summed E-state index contributed by atoms with van der Waals surface area (Å²) in [7, 11) is 0. The summed E-state index contributed by atoms with van der Waals surface area (Å²) < 4.78 is 5.59. The minimum atomic E-state index is 0.391. The largest absolute Gasteiger partial charge is 0.469 e. The molecule has 2 atom stereocenters. The molecule has 1 aromatic heterocycles. The molecule has 2 aliphatic rings. The summed E-state index contributed by atoms with van der Waals surface area (Å²) in [5.41, 5.74) is 5.91. The van der Waals surface area contributed by atoms with Gasteiger partial charge in [0, 0.05) is 24.1 Å². The van der Waals surface area contributed by atoms with Crippen LogP contribution in [-0.2, 0) is 19.3 Å². The number of aryl methyl sites for hydroxylation is 3. The van der Waals surface area contributed by atoms with Crippen LogP contribution in [0.5, 0.6) is 0 Å². The van der Waals surface area contributed by atoms with Crippen LogP contribution in [0.2, 0.25) is 0 Å². The summed E-state index contributed by atoms with van der Waals surface area (Å²) in [6.07, 6.45) is 9.20. The number of fused-ring (bicyclic) bond motifs is 2. The van der Waals surface area contributed by atoms with Gasteiger partial charge in [0.15, 0.2) is 0 Å². The molecule has 110 valence electrons. The second-order valence-corrected chi connectivity index (χ2v) is 6.51. The molecule has 1 aromatic carbocycles. The van der Waals surface area contributed by atoms with E-state index in [0.29, 0.717) is 12.1 Å². The normalized spacial score (nSPS) is 21.9. The van der Waals surface area contributed by atoms with Crippen molar-refractivity contribution in [3.05, 3.63) is 58.5 Å². The third-order valence-electron chi connectivity index (χ3n) is 5.13. The molecule has 1 heterocycles. The first-order valence-electron chi connectivity index (χ1n) is 8.25. The highest BCUT2D eigenvalue weighted by Crippen LogP contribution is 2.33. The monoisotopic (exact) mass is 281 g/mol. The Kier molecular flexibility index (Phi) is 3.34. The second kappa shape index (κ2) is 5.34. The van der Waals surface area contributed by atoms with E-state index in [1.807, 2.05) is 6.26 Å². The molecule has 1 N–H and O–H groups in total. The van der Waals surface area contributed by atoms with Gasteiger partial charge < -0.3 is 9.73 Å². The van der Waals surface area contributed by atoms with Gasteiger partial charge in [-0.1, -0.05) is 18.2 Å². The number of rotatable bonds is 3. The van der Waals surface area contributed by atoms with Crippen LogP contribution in [0.15, 0.2) is 34.9 Å². The first-order chi connectivity index (χ1) is 10.3. The quantitative estimate of drug-likeness (QED) is 0.896. The Balaban J connectivity index is 1.53. The third-order valence-corrected chi connectivity index (χ3v) is 5.13. The van der Waals surface area contributed by atoms with Crippen LogP contribution < -0.4 is 5.32 Å². The van der Waals surface area contributed by atoms with Crippen molar-refractivity contribution in [1.29, 1.82) is 0 Å². The Morgan fingerprint density at radius 2 is 2.00 bits per heavy atom. The van der Waals surface area contributed by atoms with Crippen molar-refractivity contribution in [1.82, 2.24) is 5.32 Å². The van der Waals surface area contributed by atoms with Crippen molar-refractivity contribution in [3.8, 4) is 0 Å². The van der Waals surface area contributed by atoms with Gasteiger partial charge in [-0.2, -0.15) is 0 Å². The molecular weight excluding hydrogens is 258 g/mol. The first-order valence-corrected chi connectivity index (χ1v) is 8.25. The third kappa shape index (κ3) is 2.42. The van der Waals surface area contributed by atoms with Crippen molar-refractivity contribution in [2.24, 2.45) is 0 Å². The smallest absolute Gasteiger partial charge is 0.108 e. The molecule has 0 spiro atoms. The van der Waals surface area contributed by atoms with E-state index in [4.69, 9.17) is 4.42 Å². The lowest BCUT2D eigenvalue weighted by molar-refractivity contribution is 0.385. The molecule has 21 heavy (non-hydrogen) atoms. The Hall–Kier alpha value is -1.54. The van der Waals surface area contributed by atoms with Gasteiger partial charge in [0.1, 0.15) is 5.76 Å². The van der Waals surface area contributed by atoms with Gasteiger partial charge in [-0.05, 0) is 61.8 Å². The number of hydrogen-bond donors (Lipinski definition) is 1. The van der Waals surface area contributed by atoms with E-state index in [0.717, 1.165) is 6.42 Å². The standard InChI is InChI=1S/C19H23NO/c1-13(15-9-8-14-4-2-5-16(14)12-15)20-18-6-3-7-19-17(18)10-11-21-19/h8-13,18,20H,2-7H2,1H3. The van der Waals surface area contributed by atoms with Gasteiger partial charge in [-0.25, -0.2) is 0 Å². The van der Waals surface area contributed by atoms with Crippen LogP contribution in [0.1, 0.15) is 66.3 Å². The predicted molar refractivity (Wildman–Crippen MR) is 84.4 cm³/mol. The van der Waals surface area contributed by atoms with Gasteiger partial charge in [0.2, 0.25) is 0 Å². The Morgan fingerprint density at radius 3 is 2.95 bits per heavy atom. The molecule has 2 nitrogen and oxygen atoms in total. The maximum absolute atomic E-state index is 5.59. The summed E-state index contributed by atoms with van der Waals surface area (Å²) in [4.78, 5) is 0. The maximum atomic E-state index is 5.59. The summed E-state index contributed by atoms with van der Waals surface area (Å²) in [5, 5.41) is 3.81. The molecule has 2 unspecified atom stereocenters. The molecule has 0 aliphatic heterocycles. The average molecular weight is 281 g/mol. The van der Waals surface area contributed by atoms with Crippen molar-refractivity contribution in [2.75, 3.05) is 0 Å². The Labute approximate surface area is 126 Å². The van der Waals surface area contributed by atoms with Gasteiger partial charge >= 0.3 is 0 Å². The highest BCUT2D eigenvalue weighted by molar-refractivity contribution is 5.36. The Morgan fingerprint density at radius 1 is 1.10 bits per heavy atom. The molecule has 0 saturated carbocycles. The SMILES string of the molecule is CC(NC1CCCc2occc21)c1ccc2c(c1)CCC2. The van der Waals surface area contributed by atoms with Crippen LogP contribution >= 0.6 is 0 Å². The van der Waals surface area contributed by atoms with E-state index < -0.39 is 0 Å². The van der Waals surface area contributed by atoms with Gasteiger partial charge in [-0.15, -0.1) is 0 Å². The van der Waals surface area contributed by atoms with Crippen molar-refractivity contribution < 1.29 is 4.42 Å². The van der Waals surface area contributed by atoms with Gasteiger partial charge in [0.05, 0.1) is 6.26 Å². The number of furan rings is 1. The van der Waals surface area contributed by atoms with E-state index in [9.17, 15) is 0 Å². The molecular formula is C19H23NO. The number of benzene rings is 1. The number of hydrogen-bond acceptors (Lipinski definition) is 2. The molecule has 2 aromatic rings. The van der Waals surface area contributed by atoms with Crippen LogP contribution in [0.3, 0.4) is 0 Å². The predicted octanol–water partition coefficient (Wildman–Crippen LogP) is 4.50. The van der Waals surface area contributed by atoms with Crippen LogP contribution in [0, 0.1) is 0 Å². The summed E-state index contributed by atoms with van der Waals surface area (Å²) in [6.45, 7) is 2.28. The lowest BCUT2D eigenvalue weighted by atomic mass is 9.92. The second-order valence-electron chi connectivity index (χ2n) is 6.51. The highest BCUT2D eigenvalue weighted by Gasteiger charge is 2.24. The fraction of sp³-hybridized carbons (Fsp3) is 0.474. The molecule has 2 heteroatoms. The molecule has 2 aliphatic carbocycles. The van der Waals surface area contributed by atoms with Crippen molar-refractivity contribution >= 4 is 0 Å². The van der Waals surface area contributed by atoms with E-state index in [-0.39, 0.29) is 0 Å². The highest BCUT2D eigenvalue weighted by atomic mass is 16.3. The molecule has 0 radical (unpaired) electrons. The molecule has 0 amide bonds. The molecule has 0 saturated heterocycles. The minimum Gasteiger partial charge on any atom is -0.469 e. The number of nitrogens with one attached hydrogen (secondary N) is 1. The van der Waals surface area contributed by atoms with Crippen molar-refractivity contribution in [3.63, 3.8) is 0 Å². The fourth-order valence-electron chi connectivity index (χ4n) is 3.92. The average Bonchev–Trinajstić information content (AvgIpc) is 3.15. The maximum Gasteiger partial charge on any atom is 0.108 e. The Bertz CT molecular complexity index is 643. The molecule has 0 bridgehead atoms. The molecule has 4 rings (SSSR count). The lowest BCUT2D eigenvalue weighted by Crippen LogP contribution is -2.27. The molecule has 0 fully saturated rings. The zero-order chi connectivity index (χ0) is 14.2. The van der Waals surface area contributed by atoms with Gasteiger partial charge in [-0.3, -0.25) is 0 Å². The topological polar surface area (TPSA) is 25.2 Å². The zero-order valence-electron chi connectivity index (χ0n) is 12.7. The van der Waals surface area contributed by atoms with E-state index >= 15 is 0 Å². The minimum absolute atomic E-state index is 0.391. The van der Waals surface area contributed by atoms with E-state index in [2.05, 4.69) is 36.5 Å². The summed E-state index contributed by atoms with van der Waals surface area (Å²) in [5.74, 6) is 1.18. The van der Waals surface area contributed by atoms with Crippen molar-refractivity contribution in [2.45, 2.75) is 57.5 Å². The first kappa shape index (κ1) is 13.1. The van der Waals surface area contributed by atoms with Gasteiger partial charge in [0.25, 0.3) is 0 Å². The van der Waals surface area contributed by atoms with E-state index in [1.165, 1.54) is 49.0 Å². The zero-order valence-corrected chi connectivity index (χ0v) is 12.7. The van der Waals surface area contributed by atoms with Crippen LogP contribution in [-0.4, -0.2) is 0 Å². The van der Waals surface area contributed by atoms with E-state index in [1.54, 1.807) is 11.1 Å². The summed E-state index contributed by atoms with van der Waals surface area (Å²) in [6, 6.07) is 10.0. The van der Waals surface area contributed by atoms with Crippen LogP contribution in [0.4, 0.5) is 0 Å². The lowest BCUT2D eigenvalue weighted by Gasteiger charge is -2.27. The van der Waals surface area contributed by atoms with Crippen LogP contribution in [0.25, 0.3) is 0 Å². The summed E-state index contributed by atoms with van der Waals surface area (Å²) >= 11 is 0. The fourth-order valence-corrected chi connectivity index (χ4v) is 3.92.